The van der Waals surface area contributed by atoms with Crippen LogP contribution in [0, 0.1) is 5.92 Å². The molecule has 3 heteroatoms. The molecule has 0 aromatic heterocycles. The van der Waals surface area contributed by atoms with E-state index in [1.165, 1.54) is 36.8 Å². The Morgan fingerprint density at radius 2 is 2.10 bits per heavy atom. The number of amides is 1. The lowest BCUT2D eigenvalue weighted by molar-refractivity contribution is 0.1000. The van der Waals surface area contributed by atoms with E-state index >= 15 is 0 Å². The van der Waals surface area contributed by atoms with Crippen LogP contribution in [0.25, 0.3) is 0 Å². The summed E-state index contributed by atoms with van der Waals surface area (Å²) in [6.07, 6.45) is 7.20. The van der Waals surface area contributed by atoms with E-state index < -0.39 is 0 Å². The van der Waals surface area contributed by atoms with Crippen LogP contribution in [0.2, 0.25) is 0 Å². The summed E-state index contributed by atoms with van der Waals surface area (Å²) in [5.41, 5.74) is 15.3. The van der Waals surface area contributed by atoms with Gasteiger partial charge in [0.2, 0.25) is 5.91 Å². The van der Waals surface area contributed by atoms with Crippen LogP contribution in [0.4, 0.5) is 0 Å². The van der Waals surface area contributed by atoms with E-state index in [1.54, 1.807) is 0 Å². The summed E-state index contributed by atoms with van der Waals surface area (Å²) < 4.78 is 0. The van der Waals surface area contributed by atoms with Gasteiger partial charge >= 0.3 is 0 Å². The number of benzene rings is 1. The minimum atomic E-state index is -0.349. The van der Waals surface area contributed by atoms with Crippen molar-refractivity contribution >= 4 is 5.91 Å². The summed E-state index contributed by atoms with van der Waals surface area (Å²) in [5, 5.41) is 0. The molecule has 1 aromatic carbocycles. The molecule has 0 spiro atoms. The zero-order valence-corrected chi connectivity index (χ0v) is 12.2. The Hall–Kier alpha value is -1.35. The molecular formula is C17H24N2O. The first-order valence-corrected chi connectivity index (χ1v) is 7.71. The third-order valence-electron chi connectivity index (χ3n) is 5.51. The van der Waals surface area contributed by atoms with E-state index in [-0.39, 0.29) is 17.4 Å². The molecule has 3 atom stereocenters. The molecule has 20 heavy (non-hydrogen) atoms. The van der Waals surface area contributed by atoms with Crippen LogP contribution in [-0.4, -0.2) is 11.9 Å². The lowest BCUT2D eigenvalue weighted by Crippen LogP contribution is -2.52. The van der Waals surface area contributed by atoms with Gasteiger partial charge in [0.15, 0.2) is 0 Å². The standard InChI is InChI=1S/C17H24N2O/c1-17-8-4-2-3-5-12(15(17)18)9-11-6-7-13(16(19)20)10-14(11)17/h6-7,10,12,15H,2-5,8-9,18H2,1H3,(H2,19,20)/t12-,15-,17-/m1/s1. The fraction of sp³-hybridized carbons (Fsp3) is 0.588. The Kier molecular flexibility index (Phi) is 3.33. The summed E-state index contributed by atoms with van der Waals surface area (Å²) >= 11 is 0. The number of primary amides is 1. The summed E-state index contributed by atoms with van der Waals surface area (Å²) in [6, 6.07) is 6.14. The van der Waals surface area contributed by atoms with Gasteiger partial charge in [0.05, 0.1) is 0 Å². The molecule has 0 aliphatic heterocycles. The zero-order chi connectivity index (χ0) is 14.3. The molecule has 2 aliphatic rings. The Labute approximate surface area is 120 Å². The van der Waals surface area contributed by atoms with Gasteiger partial charge in [-0.1, -0.05) is 32.3 Å². The molecule has 3 rings (SSSR count). The van der Waals surface area contributed by atoms with E-state index in [9.17, 15) is 4.79 Å². The van der Waals surface area contributed by atoms with E-state index in [2.05, 4.69) is 13.0 Å². The third-order valence-corrected chi connectivity index (χ3v) is 5.51. The van der Waals surface area contributed by atoms with Gasteiger partial charge in [-0.25, -0.2) is 0 Å². The monoisotopic (exact) mass is 272 g/mol. The number of rotatable bonds is 1. The van der Waals surface area contributed by atoms with Crippen molar-refractivity contribution in [2.45, 2.75) is 56.9 Å². The second kappa shape index (κ2) is 4.88. The number of carbonyl (C=O) groups is 1. The molecule has 2 aliphatic carbocycles. The molecule has 0 radical (unpaired) electrons. The number of hydrogen-bond acceptors (Lipinski definition) is 2. The lowest BCUT2D eigenvalue weighted by atomic mass is 9.60. The highest BCUT2D eigenvalue weighted by Gasteiger charge is 2.43. The number of nitrogens with two attached hydrogens (primary N) is 2. The first-order valence-electron chi connectivity index (χ1n) is 7.71. The molecule has 2 bridgehead atoms. The van der Waals surface area contributed by atoms with Crippen LogP contribution in [0.5, 0.6) is 0 Å². The number of hydrogen-bond donors (Lipinski definition) is 2. The summed E-state index contributed by atoms with van der Waals surface area (Å²) in [4.78, 5) is 11.5. The zero-order valence-electron chi connectivity index (χ0n) is 12.2. The Morgan fingerprint density at radius 3 is 2.85 bits per heavy atom. The second-order valence-corrected chi connectivity index (χ2v) is 6.74. The maximum Gasteiger partial charge on any atom is 0.248 e. The average molecular weight is 272 g/mol. The van der Waals surface area contributed by atoms with Gasteiger partial charge < -0.3 is 11.5 Å². The molecule has 4 N–H and O–H groups in total. The predicted molar refractivity (Wildman–Crippen MR) is 80.6 cm³/mol. The smallest absolute Gasteiger partial charge is 0.248 e. The van der Waals surface area contributed by atoms with Gasteiger partial charge in [-0.3, -0.25) is 4.79 Å². The first kappa shape index (κ1) is 13.6. The average Bonchev–Trinajstić information content (AvgIpc) is 2.43. The van der Waals surface area contributed by atoms with Crippen molar-refractivity contribution < 1.29 is 4.79 Å². The third kappa shape index (κ3) is 2.05. The molecular weight excluding hydrogens is 248 g/mol. The van der Waals surface area contributed by atoms with Gasteiger partial charge in [0.25, 0.3) is 0 Å². The van der Waals surface area contributed by atoms with Crippen molar-refractivity contribution in [2.24, 2.45) is 17.4 Å². The highest BCUT2D eigenvalue weighted by molar-refractivity contribution is 5.93. The molecule has 1 amide bonds. The van der Waals surface area contributed by atoms with Gasteiger partial charge in [-0.05, 0) is 48.4 Å². The van der Waals surface area contributed by atoms with Crippen LogP contribution in [-0.2, 0) is 11.8 Å². The molecule has 0 unspecified atom stereocenters. The molecule has 108 valence electrons. The van der Waals surface area contributed by atoms with Crippen molar-refractivity contribution in [1.82, 2.24) is 0 Å². The van der Waals surface area contributed by atoms with Gasteiger partial charge in [-0.2, -0.15) is 0 Å². The van der Waals surface area contributed by atoms with E-state index in [1.807, 2.05) is 12.1 Å². The minimum Gasteiger partial charge on any atom is -0.366 e. The normalized spacial score (nSPS) is 32.9. The van der Waals surface area contributed by atoms with E-state index in [0.717, 1.165) is 12.8 Å². The topological polar surface area (TPSA) is 69.1 Å². The van der Waals surface area contributed by atoms with Crippen molar-refractivity contribution in [1.29, 1.82) is 0 Å². The van der Waals surface area contributed by atoms with Crippen LogP contribution in [0.3, 0.4) is 0 Å². The second-order valence-electron chi connectivity index (χ2n) is 6.74. The number of fused-ring (bicyclic) bond motifs is 4. The Balaban J connectivity index is 2.11. The lowest BCUT2D eigenvalue weighted by Gasteiger charge is -2.47. The van der Waals surface area contributed by atoms with Gasteiger partial charge in [0, 0.05) is 17.0 Å². The predicted octanol–water partition coefficient (Wildman–Crippen LogP) is 2.51. The summed E-state index contributed by atoms with van der Waals surface area (Å²) in [6.45, 7) is 2.28. The largest absolute Gasteiger partial charge is 0.366 e. The maximum absolute atomic E-state index is 11.5. The van der Waals surface area contributed by atoms with Gasteiger partial charge in [0.1, 0.15) is 0 Å². The molecule has 1 fully saturated rings. The first-order chi connectivity index (χ1) is 9.52. The van der Waals surface area contributed by atoms with Crippen LogP contribution in [0.15, 0.2) is 18.2 Å². The molecule has 3 nitrogen and oxygen atoms in total. The van der Waals surface area contributed by atoms with Crippen molar-refractivity contribution in [3.63, 3.8) is 0 Å². The van der Waals surface area contributed by atoms with Crippen LogP contribution < -0.4 is 11.5 Å². The SMILES string of the molecule is C[C@@]12CCCCC[C@H](Cc3ccc(C(N)=O)cc31)[C@H]2N. The maximum atomic E-state index is 11.5. The fourth-order valence-electron chi connectivity index (χ4n) is 4.21. The molecule has 1 aromatic rings. The van der Waals surface area contributed by atoms with Crippen molar-refractivity contribution in [3.8, 4) is 0 Å². The van der Waals surface area contributed by atoms with Crippen molar-refractivity contribution in [3.05, 3.63) is 34.9 Å². The molecule has 0 saturated heterocycles. The summed E-state index contributed by atoms with van der Waals surface area (Å²) in [7, 11) is 0. The Bertz CT molecular complexity index is 540. The molecule has 0 heterocycles. The Morgan fingerprint density at radius 1 is 1.30 bits per heavy atom. The fourth-order valence-corrected chi connectivity index (χ4v) is 4.21. The van der Waals surface area contributed by atoms with E-state index in [0.29, 0.717) is 11.5 Å². The minimum absolute atomic E-state index is 0.00979. The van der Waals surface area contributed by atoms with Crippen LogP contribution in [0.1, 0.15) is 60.5 Å². The highest BCUT2D eigenvalue weighted by Crippen LogP contribution is 2.45. The van der Waals surface area contributed by atoms with Crippen molar-refractivity contribution in [2.75, 3.05) is 0 Å². The van der Waals surface area contributed by atoms with Gasteiger partial charge in [-0.15, -0.1) is 0 Å². The van der Waals surface area contributed by atoms with Crippen LogP contribution >= 0.6 is 0 Å². The molecule has 1 saturated carbocycles. The number of carbonyl (C=O) groups excluding carboxylic acids is 1. The summed E-state index contributed by atoms with van der Waals surface area (Å²) in [5.74, 6) is 0.227. The van der Waals surface area contributed by atoms with E-state index in [4.69, 9.17) is 11.5 Å². The quantitative estimate of drug-likeness (QED) is 0.824. The highest BCUT2D eigenvalue weighted by atomic mass is 16.1.